The summed E-state index contributed by atoms with van der Waals surface area (Å²) in [6.07, 6.45) is 0. The molecule has 0 aliphatic heterocycles. The molecule has 1 aromatic heterocycles. The van der Waals surface area contributed by atoms with Crippen molar-refractivity contribution >= 4 is 15.9 Å². The molecular formula is C13H17BrN4. The van der Waals surface area contributed by atoms with Crippen molar-refractivity contribution in [2.24, 2.45) is 5.73 Å². The van der Waals surface area contributed by atoms with Crippen LogP contribution < -0.4 is 5.73 Å². The maximum atomic E-state index is 5.74. The summed E-state index contributed by atoms with van der Waals surface area (Å²) in [5.74, 6) is 0. The summed E-state index contributed by atoms with van der Waals surface area (Å²) in [7, 11) is 0. The van der Waals surface area contributed by atoms with Crippen LogP contribution in [0.2, 0.25) is 0 Å². The summed E-state index contributed by atoms with van der Waals surface area (Å²) >= 11 is 3.43. The smallest absolute Gasteiger partial charge is 0.100 e. The third-order valence-electron chi connectivity index (χ3n) is 2.71. The lowest BCUT2D eigenvalue weighted by Crippen LogP contribution is -2.20. The Morgan fingerprint density at radius 1 is 1.22 bits per heavy atom. The van der Waals surface area contributed by atoms with Crippen molar-refractivity contribution in [1.82, 2.24) is 15.0 Å². The highest BCUT2D eigenvalue weighted by Crippen LogP contribution is 2.27. The van der Waals surface area contributed by atoms with Gasteiger partial charge in [-0.2, -0.15) is 0 Å². The van der Waals surface area contributed by atoms with E-state index in [2.05, 4.69) is 47.0 Å². The predicted octanol–water partition coefficient (Wildman–Crippen LogP) is 2.79. The molecule has 0 atom stereocenters. The van der Waals surface area contributed by atoms with Crippen molar-refractivity contribution in [3.8, 4) is 5.69 Å². The topological polar surface area (TPSA) is 56.7 Å². The van der Waals surface area contributed by atoms with Gasteiger partial charge in [-0.3, -0.25) is 0 Å². The number of rotatable bonds is 2. The van der Waals surface area contributed by atoms with E-state index in [-0.39, 0.29) is 5.41 Å². The van der Waals surface area contributed by atoms with Crippen LogP contribution in [-0.2, 0) is 12.0 Å². The van der Waals surface area contributed by atoms with Crippen LogP contribution in [0, 0.1) is 0 Å². The zero-order valence-corrected chi connectivity index (χ0v) is 12.4. The van der Waals surface area contributed by atoms with Gasteiger partial charge in [0, 0.05) is 16.4 Å². The van der Waals surface area contributed by atoms with Gasteiger partial charge in [-0.15, -0.1) is 5.10 Å². The van der Waals surface area contributed by atoms with Gasteiger partial charge in [-0.05, 0) is 24.3 Å². The predicted molar refractivity (Wildman–Crippen MR) is 75.7 cm³/mol. The molecule has 0 radical (unpaired) electrons. The highest BCUT2D eigenvalue weighted by Gasteiger charge is 2.25. The van der Waals surface area contributed by atoms with E-state index in [1.807, 2.05) is 28.9 Å². The molecule has 0 amide bonds. The van der Waals surface area contributed by atoms with Crippen molar-refractivity contribution in [3.05, 3.63) is 40.1 Å². The Balaban J connectivity index is 2.58. The number of nitrogens with two attached hydrogens (primary N) is 1. The Morgan fingerprint density at radius 2 is 1.83 bits per heavy atom. The summed E-state index contributed by atoms with van der Waals surface area (Å²) in [4.78, 5) is 0. The fourth-order valence-electron chi connectivity index (χ4n) is 1.96. The molecule has 1 heterocycles. The minimum absolute atomic E-state index is 0.0503. The molecule has 4 nitrogen and oxygen atoms in total. The molecule has 0 bridgehead atoms. The molecule has 18 heavy (non-hydrogen) atoms. The van der Waals surface area contributed by atoms with Crippen LogP contribution in [-0.4, -0.2) is 15.0 Å². The lowest BCUT2D eigenvalue weighted by molar-refractivity contribution is 0.537. The molecular weight excluding hydrogens is 292 g/mol. The van der Waals surface area contributed by atoms with E-state index in [9.17, 15) is 0 Å². The lowest BCUT2D eigenvalue weighted by atomic mass is 9.90. The highest BCUT2D eigenvalue weighted by atomic mass is 79.9. The summed E-state index contributed by atoms with van der Waals surface area (Å²) in [6.45, 7) is 6.82. The van der Waals surface area contributed by atoms with Gasteiger partial charge >= 0.3 is 0 Å². The van der Waals surface area contributed by atoms with Gasteiger partial charge < -0.3 is 5.73 Å². The molecule has 1 aromatic carbocycles. The average Bonchev–Trinajstić information content (AvgIpc) is 2.73. The van der Waals surface area contributed by atoms with Gasteiger partial charge in [-0.25, -0.2) is 4.68 Å². The van der Waals surface area contributed by atoms with Crippen molar-refractivity contribution in [2.75, 3.05) is 0 Å². The fraction of sp³-hybridized carbons (Fsp3) is 0.385. The van der Waals surface area contributed by atoms with Gasteiger partial charge in [0.25, 0.3) is 0 Å². The van der Waals surface area contributed by atoms with E-state index in [4.69, 9.17) is 5.73 Å². The number of benzene rings is 1. The molecule has 0 saturated carbocycles. The van der Waals surface area contributed by atoms with E-state index in [1.165, 1.54) is 0 Å². The molecule has 0 unspecified atom stereocenters. The quantitative estimate of drug-likeness (QED) is 0.928. The van der Waals surface area contributed by atoms with Gasteiger partial charge in [0.05, 0.1) is 11.4 Å². The van der Waals surface area contributed by atoms with Crippen molar-refractivity contribution in [3.63, 3.8) is 0 Å². The molecule has 5 heteroatoms. The van der Waals surface area contributed by atoms with Crippen LogP contribution in [0.25, 0.3) is 5.69 Å². The maximum Gasteiger partial charge on any atom is 0.100 e. The Kier molecular flexibility index (Phi) is 3.54. The zero-order chi connectivity index (χ0) is 13.3. The highest BCUT2D eigenvalue weighted by molar-refractivity contribution is 9.10. The maximum absolute atomic E-state index is 5.74. The molecule has 0 fully saturated rings. The van der Waals surface area contributed by atoms with Crippen LogP contribution in [0.15, 0.2) is 28.7 Å². The van der Waals surface area contributed by atoms with Crippen LogP contribution in [0.3, 0.4) is 0 Å². The van der Waals surface area contributed by atoms with Crippen LogP contribution in [0.1, 0.15) is 32.2 Å². The largest absolute Gasteiger partial charge is 0.325 e. The molecule has 0 saturated heterocycles. The number of hydrogen-bond acceptors (Lipinski definition) is 3. The standard InChI is InChI=1S/C13H17BrN4/c1-13(2,3)12-11(8-15)16-17-18(12)10-6-4-9(14)5-7-10/h4-7H,8,15H2,1-3H3. The van der Waals surface area contributed by atoms with E-state index in [0.717, 1.165) is 21.5 Å². The van der Waals surface area contributed by atoms with E-state index < -0.39 is 0 Å². The average molecular weight is 309 g/mol. The Labute approximate surface area is 115 Å². The molecule has 2 rings (SSSR count). The number of aromatic nitrogens is 3. The summed E-state index contributed by atoms with van der Waals surface area (Å²) in [5, 5.41) is 8.40. The first-order valence-electron chi connectivity index (χ1n) is 5.84. The number of nitrogens with zero attached hydrogens (tertiary/aromatic N) is 3. The third kappa shape index (κ3) is 2.47. The Morgan fingerprint density at radius 3 is 2.33 bits per heavy atom. The number of hydrogen-bond donors (Lipinski definition) is 1. The van der Waals surface area contributed by atoms with Crippen molar-refractivity contribution < 1.29 is 0 Å². The summed E-state index contributed by atoms with van der Waals surface area (Å²) in [6, 6.07) is 8.00. The van der Waals surface area contributed by atoms with Gasteiger partial charge in [-0.1, -0.05) is 41.9 Å². The van der Waals surface area contributed by atoms with Crippen LogP contribution in [0.5, 0.6) is 0 Å². The van der Waals surface area contributed by atoms with Gasteiger partial charge in [0.1, 0.15) is 5.69 Å². The van der Waals surface area contributed by atoms with Crippen molar-refractivity contribution in [2.45, 2.75) is 32.7 Å². The second-order valence-electron chi connectivity index (χ2n) is 5.23. The normalized spacial score (nSPS) is 11.8. The Bertz CT molecular complexity index is 537. The number of halogens is 1. The molecule has 0 spiro atoms. The van der Waals surface area contributed by atoms with Crippen molar-refractivity contribution in [1.29, 1.82) is 0 Å². The first-order valence-corrected chi connectivity index (χ1v) is 6.64. The second kappa shape index (κ2) is 4.82. The summed E-state index contributed by atoms with van der Waals surface area (Å²) in [5.41, 5.74) is 8.60. The first kappa shape index (κ1) is 13.2. The molecule has 96 valence electrons. The van der Waals surface area contributed by atoms with Gasteiger partial charge in [0.15, 0.2) is 0 Å². The monoisotopic (exact) mass is 308 g/mol. The van der Waals surface area contributed by atoms with E-state index in [1.54, 1.807) is 0 Å². The van der Waals surface area contributed by atoms with E-state index >= 15 is 0 Å². The van der Waals surface area contributed by atoms with E-state index in [0.29, 0.717) is 6.54 Å². The van der Waals surface area contributed by atoms with Crippen LogP contribution in [0.4, 0.5) is 0 Å². The summed E-state index contributed by atoms with van der Waals surface area (Å²) < 4.78 is 2.91. The zero-order valence-electron chi connectivity index (χ0n) is 10.8. The van der Waals surface area contributed by atoms with Gasteiger partial charge in [0.2, 0.25) is 0 Å². The molecule has 0 aliphatic carbocycles. The molecule has 2 N–H and O–H groups in total. The third-order valence-corrected chi connectivity index (χ3v) is 3.24. The lowest BCUT2D eigenvalue weighted by Gasteiger charge is -2.21. The minimum Gasteiger partial charge on any atom is -0.325 e. The fourth-order valence-corrected chi connectivity index (χ4v) is 2.23. The first-order chi connectivity index (χ1) is 8.43. The molecule has 0 aliphatic rings. The minimum atomic E-state index is -0.0503. The SMILES string of the molecule is CC(C)(C)c1c(CN)nnn1-c1ccc(Br)cc1. The Hall–Kier alpha value is -1.20. The second-order valence-corrected chi connectivity index (χ2v) is 6.14. The molecule has 2 aromatic rings. The van der Waals surface area contributed by atoms with Crippen LogP contribution >= 0.6 is 15.9 Å².